The monoisotopic (exact) mass is 201 g/mol. The van der Waals surface area contributed by atoms with Crippen LogP contribution in [0.15, 0.2) is 15.7 Å². The van der Waals surface area contributed by atoms with Gasteiger partial charge in [0.2, 0.25) is 0 Å². The van der Waals surface area contributed by atoms with E-state index in [2.05, 4.69) is 45.8 Å². The molecule has 0 rings (SSSR count). The Balaban J connectivity index is 3.72. The molecule has 0 unspecified atom stereocenters. The number of nitrogens with zero attached hydrogens (tertiary/aromatic N) is 4. The van der Waals surface area contributed by atoms with Crippen LogP contribution in [0.4, 0.5) is 0 Å². The van der Waals surface area contributed by atoms with Gasteiger partial charge in [-0.05, 0) is 40.6 Å². The molecule has 76 valence electrons. The molecule has 0 spiro atoms. The zero-order chi connectivity index (χ0) is 9.94. The summed E-state index contributed by atoms with van der Waals surface area (Å²) in [6.07, 6.45) is 0. The Morgan fingerprint density at radius 3 is 2.00 bits per heavy atom. The van der Waals surface area contributed by atoms with E-state index in [0.717, 1.165) is 0 Å². The van der Waals surface area contributed by atoms with Gasteiger partial charge < -0.3 is 0 Å². The van der Waals surface area contributed by atoms with Gasteiger partial charge in [-0.25, -0.2) is 10.5 Å². The zero-order valence-corrected chi connectivity index (χ0v) is 5.63. The van der Waals surface area contributed by atoms with Crippen molar-refractivity contribution in [3.63, 3.8) is 0 Å². The first-order valence-electron chi connectivity index (χ1n) is 2.22. The average Bonchev–Trinajstić information content (AvgIpc) is 2.17. The molecule has 0 aromatic carbocycles. The van der Waals surface area contributed by atoms with Gasteiger partial charge in [0.05, 0.1) is 5.34 Å². The Kier molecular flexibility index (Phi) is 7.88. The largest absolute Gasteiger partial charge is 0.219 e. The van der Waals surface area contributed by atoms with Crippen LogP contribution in [0.3, 0.4) is 0 Å². The first kappa shape index (κ1) is 11.7. The lowest BCUT2D eigenvalue weighted by Crippen LogP contribution is -2.18. The molecule has 0 bridgehead atoms. The first-order valence-corrected chi connectivity index (χ1v) is 2.22. The van der Waals surface area contributed by atoms with Gasteiger partial charge in [-0.2, -0.15) is 5.53 Å². The molecule has 13 heavy (non-hydrogen) atoms. The van der Waals surface area contributed by atoms with Crippen molar-refractivity contribution in [3.05, 3.63) is 0 Å². The Morgan fingerprint density at radius 2 is 1.62 bits per heavy atom. The third kappa shape index (κ3) is 7.05. The van der Waals surface area contributed by atoms with E-state index in [1.165, 1.54) is 0 Å². The highest BCUT2D eigenvalue weighted by atomic mass is 17.7. The van der Waals surface area contributed by atoms with Crippen LogP contribution in [0.2, 0.25) is 0 Å². The van der Waals surface area contributed by atoms with E-state index >= 15 is 0 Å². The Bertz CT molecular complexity index is 137. The van der Waals surface area contributed by atoms with Crippen LogP contribution in [0.5, 0.6) is 0 Å². The van der Waals surface area contributed by atoms with Gasteiger partial charge in [0.15, 0.2) is 0 Å². The highest BCUT2D eigenvalue weighted by Crippen LogP contribution is 1.97. The minimum atomic E-state index is -0.134. The molecule has 0 radical (unpaired) electrons. The summed E-state index contributed by atoms with van der Waals surface area (Å²) in [6.45, 7) is 0. The summed E-state index contributed by atoms with van der Waals surface area (Å²) in [5.41, 5.74) is 6.13. The van der Waals surface area contributed by atoms with Crippen molar-refractivity contribution in [2.24, 2.45) is 15.7 Å². The average molecular weight is 201 g/mol. The number of nitrogens with one attached hydrogen (secondary N) is 1. The standard InChI is InChI=1S/H3N5O8/c1-2-3-4-5(8-12-10-6)9-13-11-7/h1,6-7H/b2-1?,4-3+. The molecule has 3 N–H and O–H groups in total. The molecule has 0 atom stereocenters. The molecule has 13 heteroatoms. The van der Waals surface area contributed by atoms with Gasteiger partial charge in [0.1, 0.15) is 0 Å². The van der Waals surface area contributed by atoms with Gasteiger partial charge in [-0.15, -0.1) is 0 Å². The summed E-state index contributed by atoms with van der Waals surface area (Å²) in [7, 11) is 0. The maximum absolute atomic E-state index is 7.58. The van der Waals surface area contributed by atoms with Crippen molar-refractivity contribution in [1.29, 1.82) is 5.53 Å². The molecule has 13 nitrogen and oxygen atoms in total. The molecule has 0 aliphatic heterocycles. The van der Waals surface area contributed by atoms with Crippen molar-refractivity contribution < 1.29 is 40.6 Å². The van der Waals surface area contributed by atoms with Crippen molar-refractivity contribution in [2.75, 3.05) is 0 Å². The van der Waals surface area contributed by atoms with Crippen molar-refractivity contribution in [2.45, 2.75) is 0 Å². The SMILES string of the molecule is N=N/N=N/N(OOOO)OOOO. The zero-order valence-electron chi connectivity index (χ0n) is 5.63. The van der Waals surface area contributed by atoms with Crippen LogP contribution >= 0.6 is 0 Å². The maximum atomic E-state index is 7.58. The molecule has 0 saturated carbocycles. The van der Waals surface area contributed by atoms with E-state index in [1.54, 1.807) is 0 Å². The highest BCUT2D eigenvalue weighted by molar-refractivity contribution is 3.93. The maximum Gasteiger partial charge on any atom is 0.0559 e. The van der Waals surface area contributed by atoms with Crippen LogP contribution < -0.4 is 0 Å². The third-order valence-corrected chi connectivity index (χ3v) is 0.407. The number of rotatable bonds is 8. The van der Waals surface area contributed by atoms with E-state index in [-0.39, 0.29) is 5.34 Å². The fraction of sp³-hybridized carbons (Fsp3) is 0. The second-order valence-electron chi connectivity index (χ2n) is 0.951. The fourth-order valence-electron chi connectivity index (χ4n) is 0.174. The van der Waals surface area contributed by atoms with E-state index in [1.807, 2.05) is 0 Å². The molecule has 0 aromatic rings. The van der Waals surface area contributed by atoms with E-state index in [9.17, 15) is 0 Å². The quantitative estimate of drug-likeness (QED) is 0.281. The topological polar surface area (TPSA) is 160 Å². The summed E-state index contributed by atoms with van der Waals surface area (Å²) >= 11 is 0. The minimum absolute atomic E-state index is 0.134. The highest BCUT2D eigenvalue weighted by Gasteiger charge is 2.07. The van der Waals surface area contributed by atoms with Crippen LogP contribution in [0.25, 0.3) is 0 Å². The molecule has 0 heterocycles. The lowest BCUT2D eigenvalue weighted by molar-refractivity contribution is -0.764. The van der Waals surface area contributed by atoms with Crippen molar-refractivity contribution in [3.8, 4) is 0 Å². The minimum Gasteiger partial charge on any atom is -0.219 e. The molecule has 0 saturated heterocycles. The Morgan fingerprint density at radius 1 is 1.08 bits per heavy atom. The van der Waals surface area contributed by atoms with Gasteiger partial charge in [0.25, 0.3) is 0 Å². The summed E-state index contributed by atoms with van der Waals surface area (Å²) in [5.74, 6) is 0. The Labute approximate surface area is 68.5 Å². The number of hydrogen-bond acceptors (Lipinski definition) is 10. The summed E-state index contributed by atoms with van der Waals surface area (Å²) in [6, 6.07) is 0. The molecule has 0 aliphatic carbocycles. The van der Waals surface area contributed by atoms with Crippen LogP contribution in [-0.2, 0) is 30.1 Å². The summed E-state index contributed by atoms with van der Waals surface area (Å²) in [4.78, 5) is 7.43. The van der Waals surface area contributed by atoms with E-state index in [4.69, 9.17) is 16.0 Å². The van der Waals surface area contributed by atoms with Gasteiger partial charge in [0, 0.05) is 5.22 Å². The smallest absolute Gasteiger partial charge is 0.0559 e. The second kappa shape index (κ2) is 8.77. The molecular formula is H3N5O8. The molecule has 0 aromatic heterocycles. The van der Waals surface area contributed by atoms with Gasteiger partial charge in [-0.3, -0.25) is 0 Å². The molecule has 0 fully saturated rings. The third-order valence-electron chi connectivity index (χ3n) is 0.407. The summed E-state index contributed by atoms with van der Waals surface area (Å²) in [5, 5.41) is 35.4. The Hall–Kier alpha value is -1.32. The van der Waals surface area contributed by atoms with E-state index in [0.29, 0.717) is 0 Å². The normalized spacial score (nSPS) is 10.6. The molecular weight excluding hydrogens is 198 g/mol. The van der Waals surface area contributed by atoms with Crippen LogP contribution in [0.1, 0.15) is 0 Å². The lowest BCUT2D eigenvalue weighted by Gasteiger charge is -2.06. The lowest BCUT2D eigenvalue weighted by atomic mass is 12.4. The van der Waals surface area contributed by atoms with Crippen LogP contribution in [-0.4, -0.2) is 15.8 Å². The first-order chi connectivity index (χ1) is 6.35. The predicted molar refractivity (Wildman–Crippen MR) is 23.6 cm³/mol. The predicted octanol–water partition coefficient (Wildman–Crippen LogP) is 0.137. The fourth-order valence-corrected chi connectivity index (χ4v) is 0.174. The number of hydrogen-bond donors (Lipinski definition) is 3. The second-order valence-corrected chi connectivity index (χ2v) is 0.951. The van der Waals surface area contributed by atoms with E-state index < -0.39 is 0 Å². The van der Waals surface area contributed by atoms with Crippen molar-refractivity contribution in [1.82, 2.24) is 5.34 Å². The summed E-state index contributed by atoms with van der Waals surface area (Å²) < 4.78 is 0. The molecule has 0 aliphatic rings. The molecule has 0 amide bonds. The van der Waals surface area contributed by atoms with Gasteiger partial charge >= 0.3 is 0 Å². The van der Waals surface area contributed by atoms with Crippen LogP contribution in [0, 0.1) is 5.53 Å². The van der Waals surface area contributed by atoms with Crippen molar-refractivity contribution >= 4 is 0 Å². The van der Waals surface area contributed by atoms with Gasteiger partial charge in [-0.1, -0.05) is 0 Å².